The summed E-state index contributed by atoms with van der Waals surface area (Å²) in [4.78, 5) is 10.3. The Morgan fingerprint density at radius 1 is 1.75 bits per heavy atom. The third-order valence-corrected chi connectivity index (χ3v) is 2.64. The second kappa shape index (κ2) is 8.52. The van der Waals surface area contributed by atoms with Gasteiger partial charge in [0.15, 0.2) is 0 Å². The van der Waals surface area contributed by atoms with Crippen molar-refractivity contribution in [3.63, 3.8) is 0 Å². The molecule has 0 aliphatic heterocycles. The van der Waals surface area contributed by atoms with E-state index in [-0.39, 0.29) is 12.0 Å². The first-order valence-electron chi connectivity index (χ1n) is 3.40. The lowest BCUT2D eigenvalue weighted by Crippen LogP contribution is -2.17. The Hall–Kier alpha value is 0.930. The minimum absolute atomic E-state index is 0.0436. The van der Waals surface area contributed by atoms with Crippen LogP contribution in [0, 0.1) is 5.92 Å². The fraction of sp³-hybridized carbons (Fsp3) is 0.571. The van der Waals surface area contributed by atoms with Crippen molar-refractivity contribution < 1.29 is 8.98 Å². The van der Waals surface area contributed by atoms with Gasteiger partial charge in [0.05, 0.1) is 16.6 Å². The van der Waals surface area contributed by atoms with Gasteiger partial charge < -0.3 is 8.98 Å². The van der Waals surface area contributed by atoms with E-state index in [9.17, 15) is 4.79 Å². The highest BCUT2D eigenvalue weighted by molar-refractivity contribution is 14.1. The van der Waals surface area contributed by atoms with Crippen LogP contribution in [0.1, 0.15) is 13.3 Å². The molecule has 0 radical (unpaired) electrons. The van der Waals surface area contributed by atoms with E-state index < -0.39 is 0 Å². The second-order valence-corrected chi connectivity index (χ2v) is 4.11. The molecule has 2 nitrogen and oxygen atoms in total. The summed E-state index contributed by atoms with van der Waals surface area (Å²) in [6.45, 7) is 2.02. The van der Waals surface area contributed by atoms with Crippen molar-refractivity contribution in [2.75, 3.05) is 0 Å². The molecule has 0 bridgehead atoms. The molecule has 0 fully saturated rings. The average molecular weight is 365 g/mol. The van der Waals surface area contributed by atoms with Gasteiger partial charge in [-0.15, -0.1) is 0 Å². The number of carbonyl (C=O) groups excluding carboxylic acids is 1. The van der Waals surface area contributed by atoms with Gasteiger partial charge in [-0.05, 0) is 4.08 Å². The van der Waals surface area contributed by atoms with Crippen LogP contribution in [0.5, 0.6) is 0 Å². The zero-order chi connectivity index (χ0) is 9.40. The Balaban J connectivity index is 3.97. The molecule has 5 heteroatoms. The molecule has 0 unspecified atom stereocenters. The van der Waals surface area contributed by atoms with Crippen molar-refractivity contribution in [1.29, 1.82) is 0 Å². The van der Waals surface area contributed by atoms with Crippen molar-refractivity contribution in [2.45, 2.75) is 19.4 Å². The number of rotatable bonds is 6. The molecule has 0 aromatic rings. The summed E-state index contributed by atoms with van der Waals surface area (Å²) < 4.78 is 7.18. The van der Waals surface area contributed by atoms with E-state index in [4.69, 9.17) is 4.18 Å². The molecular formula is C7H10BrIO2S. The van der Waals surface area contributed by atoms with Gasteiger partial charge in [0.25, 0.3) is 0 Å². The highest BCUT2D eigenvalue weighted by Gasteiger charge is 2.15. The van der Waals surface area contributed by atoms with Crippen molar-refractivity contribution >= 4 is 54.2 Å². The van der Waals surface area contributed by atoms with Gasteiger partial charge in [-0.1, -0.05) is 35.6 Å². The molecule has 0 N–H and O–H groups in total. The first-order valence-corrected chi connectivity index (χ1v) is 7.23. The highest BCUT2D eigenvalue weighted by Crippen LogP contribution is 2.22. The number of hydrogen-bond acceptors (Lipinski definition) is 3. The van der Waals surface area contributed by atoms with Crippen molar-refractivity contribution in [3.8, 4) is 0 Å². The first-order chi connectivity index (χ1) is 5.76. The van der Waals surface area contributed by atoms with Crippen LogP contribution in [-0.4, -0.2) is 12.4 Å². The van der Waals surface area contributed by atoms with E-state index in [2.05, 4.69) is 37.4 Å². The average Bonchev–Trinajstić information content (AvgIpc) is 2.04. The summed E-state index contributed by atoms with van der Waals surface area (Å²) >= 11 is 5.24. The van der Waals surface area contributed by atoms with Crippen molar-refractivity contribution in [2.24, 2.45) is 5.92 Å². The van der Waals surface area contributed by atoms with E-state index in [0.717, 1.165) is 16.8 Å². The Kier molecular flexibility index (Phi) is 9.19. The number of aldehydes is 1. The second-order valence-electron chi connectivity index (χ2n) is 2.28. The first kappa shape index (κ1) is 12.9. The van der Waals surface area contributed by atoms with E-state index >= 15 is 0 Å². The van der Waals surface area contributed by atoms with E-state index in [0.29, 0.717) is 6.42 Å². The fourth-order valence-electron chi connectivity index (χ4n) is 0.722. The van der Waals surface area contributed by atoms with Crippen molar-refractivity contribution in [1.82, 2.24) is 0 Å². The molecule has 0 amide bonds. The van der Waals surface area contributed by atoms with Gasteiger partial charge in [-0.3, -0.25) is 0 Å². The molecule has 0 heterocycles. The maximum absolute atomic E-state index is 10.3. The SMILES string of the molecule is C[C@@H](/C=C\I)[C@H](CC=O)OSBr. The molecule has 0 aromatic carbocycles. The molecule has 0 aromatic heterocycles. The van der Waals surface area contributed by atoms with Gasteiger partial charge in [0.1, 0.15) is 6.29 Å². The summed E-state index contributed by atoms with van der Waals surface area (Å²) in [5, 5.41) is 0. The maximum atomic E-state index is 10.3. The summed E-state index contributed by atoms with van der Waals surface area (Å²) in [5.74, 6) is 0.261. The van der Waals surface area contributed by atoms with Gasteiger partial charge in [-0.2, -0.15) is 0 Å². The molecule has 0 saturated heterocycles. The van der Waals surface area contributed by atoms with Crippen LogP contribution in [-0.2, 0) is 8.98 Å². The summed E-state index contributed by atoms with van der Waals surface area (Å²) in [5.41, 5.74) is 0. The van der Waals surface area contributed by atoms with Crippen LogP contribution in [0.4, 0.5) is 0 Å². The Labute approximate surface area is 98.1 Å². The molecule has 2 atom stereocenters. The molecule has 0 aliphatic rings. The number of carbonyl (C=O) groups is 1. The standard InChI is InChI=1S/C7H10BrIO2S/c1-6(2-4-9)7(3-5-10)11-12-8/h2,4-7H,3H2,1H3/b4-2-/t6-,7-/m0/s1. The summed E-state index contributed by atoms with van der Waals surface area (Å²) in [7, 11) is 1.12. The largest absolute Gasteiger partial charge is 0.303 e. The molecule has 0 aliphatic carbocycles. The zero-order valence-corrected chi connectivity index (χ0v) is 11.1. The Morgan fingerprint density at radius 3 is 2.83 bits per heavy atom. The van der Waals surface area contributed by atoms with Gasteiger partial charge in [-0.25, -0.2) is 0 Å². The topological polar surface area (TPSA) is 26.3 Å². The van der Waals surface area contributed by atoms with E-state index in [1.54, 1.807) is 0 Å². The molecular weight excluding hydrogens is 355 g/mol. The third kappa shape index (κ3) is 5.55. The minimum Gasteiger partial charge on any atom is -0.303 e. The van der Waals surface area contributed by atoms with Gasteiger partial charge >= 0.3 is 0 Å². The summed E-state index contributed by atoms with van der Waals surface area (Å²) in [6.07, 6.45) is 3.28. The quantitative estimate of drug-likeness (QED) is 0.410. The predicted octanol–water partition coefficient (Wildman–Crippen LogP) is 3.50. The van der Waals surface area contributed by atoms with Gasteiger partial charge in [0, 0.05) is 27.2 Å². The van der Waals surface area contributed by atoms with Crippen LogP contribution < -0.4 is 0 Å². The van der Waals surface area contributed by atoms with Gasteiger partial charge in [0.2, 0.25) is 0 Å². The predicted molar refractivity (Wildman–Crippen MR) is 64.4 cm³/mol. The maximum Gasteiger partial charge on any atom is 0.122 e. The van der Waals surface area contributed by atoms with E-state index in [1.807, 2.05) is 17.1 Å². The van der Waals surface area contributed by atoms with E-state index in [1.165, 1.54) is 0 Å². The van der Waals surface area contributed by atoms with Crippen LogP contribution in [0.25, 0.3) is 0 Å². The Bertz CT molecular complexity index is 154. The normalized spacial score (nSPS) is 16.2. The lowest BCUT2D eigenvalue weighted by molar-refractivity contribution is -0.109. The van der Waals surface area contributed by atoms with Crippen LogP contribution in [0.2, 0.25) is 0 Å². The van der Waals surface area contributed by atoms with Crippen molar-refractivity contribution in [3.05, 3.63) is 10.2 Å². The molecule has 12 heavy (non-hydrogen) atoms. The number of hydrogen-bond donors (Lipinski definition) is 0. The Morgan fingerprint density at radius 2 is 2.42 bits per heavy atom. The monoisotopic (exact) mass is 364 g/mol. The molecule has 70 valence electrons. The lowest BCUT2D eigenvalue weighted by Gasteiger charge is -2.16. The molecule has 0 spiro atoms. The molecule has 0 saturated carbocycles. The van der Waals surface area contributed by atoms with Crippen LogP contribution >= 0.6 is 47.9 Å². The smallest absolute Gasteiger partial charge is 0.122 e. The van der Waals surface area contributed by atoms with Crippen LogP contribution in [0.3, 0.4) is 0 Å². The summed E-state index contributed by atoms with van der Waals surface area (Å²) in [6, 6.07) is 0. The third-order valence-electron chi connectivity index (χ3n) is 1.45. The lowest BCUT2D eigenvalue weighted by atomic mass is 10.0. The highest BCUT2D eigenvalue weighted by atomic mass is 127. The van der Waals surface area contributed by atoms with Crippen LogP contribution in [0.15, 0.2) is 10.2 Å². The minimum atomic E-state index is -0.0436. The molecule has 0 rings (SSSR count). The fourth-order valence-corrected chi connectivity index (χ4v) is 2.31. The zero-order valence-electron chi connectivity index (χ0n) is 6.57. The number of halogens is 2.